The lowest BCUT2D eigenvalue weighted by Crippen LogP contribution is -2.27. The third-order valence-corrected chi connectivity index (χ3v) is 3.73. The van der Waals surface area contributed by atoms with Crippen LogP contribution < -0.4 is 10.1 Å². The first-order valence-corrected chi connectivity index (χ1v) is 7.83. The van der Waals surface area contributed by atoms with Crippen LogP contribution in [0.1, 0.15) is 17.3 Å². The molecule has 0 radical (unpaired) electrons. The minimum absolute atomic E-state index is 0.0805. The van der Waals surface area contributed by atoms with Crippen LogP contribution in [0.5, 0.6) is 5.75 Å². The normalized spacial score (nSPS) is 10.7. The first-order valence-electron chi connectivity index (χ1n) is 7.83. The number of nitrogens with one attached hydrogen (secondary N) is 1. The van der Waals surface area contributed by atoms with Crippen molar-refractivity contribution in [3.8, 4) is 5.75 Å². The Labute approximate surface area is 135 Å². The molecule has 0 aliphatic carbocycles. The zero-order valence-corrected chi connectivity index (χ0v) is 13.2. The fourth-order valence-electron chi connectivity index (χ4n) is 2.62. The van der Waals surface area contributed by atoms with E-state index in [1.54, 1.807) is 12.1 Å². The van der Waals surface area contributed by atoms with Gasteiger partial charge in [-0.05, 0) is 42.6 Å². The van der Waals surface area contributed by atoms with E-state index in [9.17, 15) is 4.79 Å². The monoisotopic (exact) mass is 308 g/mol. The van der Waals surface area contributed by atoms with Crippen LogP contribution in [0.15, 0.2) is 60.8 Å². The van der Waals surface area contributed by atoms with Crippen molar-refractivity contribution in [2.24, 2.45) is 0 Å². The van der Waals surface area contributed by atoms with Crippen LogP contribution in [0.2, 0.25) is 0 Å². The highest BCUT2D eigenvalue weighted by atomic mass is 16.5. The van der Waals surface area contributed by atoms with Crippen molar-refractivity contribution in [3.05, 3.63) is 66.4 Å². The lowest BCUT2D eigenvalue weighted by molar-refractivity contribution is 0.0952. The summed E-state index contributed by atoms with van der Waals surface area (Å²) in [6.07, 6.45) is 2.05. The smallest absolute Gasteiger partial charge is 0.251 e. The highest BCUT2D eigenvalue weighted by Gasteiger charge is 2.06. The van der Waals surface area contributed by atoms with Crippen LogP contribution >= 0.6 is 0 Å². The molecule has 0 aliphatic heterocycles. The molecule has 1 heterocycles. The first kappa shape index (κ1) is 15.2. The van der Waals surface area contributed by atoms with E-state index >= 15 is 0 Å². The summed E-state index contributed by atoms with van der Waals surface area (Å²) in [5.41, 5.74) is 1.80. The molecule has 2 aromatic carbocycles. The average Bonchev–Trinajstić information content (AvgIpc) is 2.99. The second-order valence-electron chi connectivity index (χ2n) is 5.28. The molecule has 0 unspecified atom stereocenters. The average molecular weight is 308 g/mol. The fraction of sp³-hybridized carbons (Fsp3) is 0.211. The summed E-state index contributed by atoms with van der Waals surface area (Å²) in [5, 5.41) is 4.17. The molecule has 1 N–H and O–H groups in total. The maximum atomic E-state index is 12.2. The number of amides is 1. The van der Waals surface area contributed by atoms with Gasteiger partial charge in [0.15, 0.2) is 0 Å². The highest BCUT2D eigenvalue weighted by Crippen LogP contribution is 2.15. The number of nitrogens with zero attached hydrogens (tertiary/aromatic N) is 1. The molecule has 0 saturated carbocycles. The summed E-state index contributed by atoms with van der Waals surface area (Å²) in [4.78, 5) is 12.2. The van der Waals surface area contributed by atoms with Gasteiger partial charge in [0.1, 0.15) is 5.75 Å². The lowest BCUT2D eigenvalue weighted by Gasteiger charge is -2.09. The second kappa shape index (κ2) is 7.01. The van der Waals surface area contributed by atoms with E-state index in [0.29, 0.717) is 18.7 Å². The molecule has 1 aromatic heterocycles. The molecule has 118 valence electrons. The van der Waals surface area contributed by atoms with E-state index in [1.807, 2.05) is 37.4 Å². The quantitative estimate of drug-likeness (QED) is 0.757. The fourth-order valence-corrected chi connectivity index (χ4v) is 2.62. The topological polar surface area (TPSA) is 43.3 Å². The number of rotatable bonds is 6. The van der Waals surface area contributed by atoms with Crippen molar-refractivity contribution >= 4 is 16.8 Å². The summed E-state index contributed by atoms with van der Waals surface area (Å²) in [6.45, 7) is 3.83. The third-order valence-electron chi connectivity index (χ3n) is 3.73. The predicted octanol–water partition coefficient (Wildman–Crippen LogP) is 3.47. The van der Waals surface area contributed by atoms with Crippen molar-refractivity contribution in [2.75, 3.05) is 13.2 Å². The minimum Gasteiger partial charge on any atom is -0.494 e. The number of fused-ring (bicyclic) bond motifs is 1. The Morgan fingerprint density at radius 3 is 2.87 bits per heavy atom. The molecular formula is C19H20N2O2. The second-order valence-corrected chi connectivity index (χ2v) is 5.28. The van der Waals surface area contributed by atoms with Crippen LogP contribution in [0.25, 0.3) is 10.9 Å². The number of carbonyl (C=O) groups is 1. The van der Waals surface area contributed by atoms with Gasteiger partial charge >= 0.3 is 0 Å². The Morgan fingerprint density at radius 1 is 1.13 bits per heavy atom. The molecule has 4 nitrogen and oxygen atoms in total. The lowest BCUT2D eigenvalue weighted by atomic mass is 10.2. The molecule has 23 heavy (non-hydrogen) atoms. The maximum absolute atomic E-state index is 12.2. The van der Waals surface area contributed by atoms with Crippen LogP contribution in [0.3, 0.4) is 0 Å². The van der Waals surface area contributed by atoms with Gasteiger partial charge in [0, 0.05) is 30.4 Å². The third kappa shape index (κ3) is 3.54. The van der Waals surface area contributed by atoms with Gasteiger partial charge in [-0.15, -0.1) is 0 Å². The van der Waals surface area contributed by atoms with Gasteiger partial charge in [-0.25, -0.2) is 0 Å². The number of hydrogen-bond acceptors (Lipinski definition) is 2. The number of hydrogen-bond donors (Lipinski definition) is 1. The Balaban J connectivity index is 1.60. The predicted molar refractivity (Wildman–Crippen MR) is 91.9 cm³/mol. The van der Waals surface area contributed by atoms with Crippen LogP contribution in [0.4, 0.5) is 0 Å². The van der Waals surface area contributed by atoms with Crippen molar-refractivity contribution in [3.63, 3.8) is 0 Å². The standard InChI is InChI=1S/C19H20N2O2/c1-2-23-17-8-5-7-16(14-17)19(22)20-11-13-21-12-10-15-6-3-4-9-18(15)21/h3-10,12,14H,2,11,13H2,1H3,(H,20,22). The molecule has 3 rings (SSSR count). The van der Waals surface area contributed by atoms with Gasteiger partial charge in [-0.1, -0.05) is 24.3 Å². The number of carbonyl (C=O) groups excluding carboxylic acids is 1. The molecular weight excluding hydrogens is 288 g/mol. The largest absolute Gasteiger partial charge is 0.494 e. The number of ether oxygens (including phenoxy) is 1. The van der Waals surface area contributed by atoms with Crippen molar-refractivity contribution in [1.82, 2.24) is 9.88 Å². The first-order chi connectivity index (χ1) is 11.3. The molecule has 3 aromatic rings. The number of benzene rings is 2. The van der Waals surface area contributed by atoms with Gasteiger partial charge in [-0.2, -0.15) is 0 Å². The number of aromatic nitrogens is 1. The molecule has 0 fully saturated rings. The Bertz CT molecular complexity index is 808. The zero-order chi connectivity index (χ0) is 16.1. The summed E-state index contributed by atoms with van der Waals surface area (Å²) < 4.78 is 7.57. The molecule has 1 amide bonds. The zero-order valence-electron chi connectivity index (χ0n) is 13.2. The Kier molecular flexibility index (Phi) is 4.62. The van der Waals surface area contributed by atoms with Gasteiger partial charge in [0.2, 0.25) is 0 Å². The van der Waals surface area contributed by atoms with E-state index < -0.39 is 0 Å². The van der Waals surface area contributed by atoms with E-state index in [2.05, 4.69) is 28.1 Å². The molecule has 0 saturated heterocycles. The summed E-state index contributed by atoms with van der Waals surface area (Å²) in [6, 6.07) is 17.6. The molecule has 0 spiro atoms. The van der Waals surface area contributed by atoms with Crippen molar-refractivity contribution in [2.45, 2.75) is 13.5 Å². The van der Waals surface area contributed by atoms with Crippen molar-refractivity contribution < 1.29 is 9.53 Å². The molecule has 0 atom stereocenters. The van der Waals surface area contributed by atoms with Crippen LogP contribution in [-0.4, -0.2) is 23.6 Å². The van der Waals surface area contributed by atoms with Crippen LogP contribution in [-0.2, 0) is 6.54 Å². The van der Waals surface area contributed by atoms with Gasteiger partial charge in [-0.3, -0.25) is 4.79 Å². The molecule has 0 aliphatic rings. The summed E-state index contributed by atoms with van der Waals surface area (Å²) in [7, 11) is 0. The van der Waals surface area contributed by atoms with Gasteiger partial charge < -0.3 is 14.6 Å². The molecule has 0 bridgehead atoms. The number of para-hydroxylation sites is 1. The van der Waals surface area contributed by atoms with Crippen molar-refractivity contribution in [1.29, 1.82) is 0 Å². The van der Waals surface area contributed by atoms with Crippen LogP contribution in [0, 0.1) is 0 Å². The Hall–Kier alpha value is -2.75. The summed E-state index contributed by atoms with van der Waals surface area (Å²) in [5.74, 6) is 0.638. The Morgan fingerprint density at radius 2 is 2.00 bits per heavy atom. The SMILES string of the molecule is CCOc1cccc(C(=O)NCCn2ccc3ccccc32)c1. The van der Waals surface area contributed by atoms with Gasteiger partial charge in [0.05, 0.1) is 6.61 Å². The van der Waals surface area contributed by atoms with E-state index in [4.69, 9.17) is 4.74 Å². The highest BCUT2D eigenvalue weighted by molar-refractivity contribution is 5.94. The molecule has 4 heteroatoms. The van der Waals surface area contributed by atoms with E-state index in [1.165, 1.54) is 10.9 Å². The van der Waals surface area contributed by atoms with Gasteiger partial charge in [0.25, 0.3) is 5.91 Å². The minimum atomic E-state index is -0.0805. The maximum Gasteiger partial charge on any atom is 0.251 e. The summed E-state index contributed by atoms with van der Waals surface area (Å²) >= 11 is 0. The van der Waals surface area contributed by atoms with E-state index in [0.717, 1.165) is 12.3 Å². The van der Waals surface area contributed by atoms with E-state index in [-0.39, 0.29) is 5.91 Å².